The Balaban J connectivity index is 2.27. The van der Waals surface area contributed by atoms with Gasteiger partial charge in [-0.05, 0) is 0 Å². The zero-order valence-corrected chi connectivity index (χ0v) is 5.26. The van der Waals surface area contributed by atoms with Crippen molar-refractivity contribution in [2.45, 2.75) is 12.5 Å². The Bertz CT molecular complexity index is 262. The average molecular weight is 146 g/mol. The molecule has 3 aliphatic rings. The molecule has 0 aromatic carbocycles. The molecule has 1 aliphatic carbocycles. The van der Waals surface area contributed by atoms with Gasteiger partial charge in [-0.15, -0.1) is 0 Å². The summed E-state index contributed by atoms with van der Waals surface area (Å²) in [6, 6.07) is 0. The van der Waals surface area contributed by atoms with Crippen LogP contribution in [-0.2, 0) is 18.1 Å². The lowest BCUT2D eigenvalue weighted by atomic mass is 10.0. The largest absolute Gasteiger partial charge is 0.587 e. The van der Waals surface area contributed by atoms with E-state index >= 15 is 0 Å². The third kappa shape index (κ3) is 0.327. The van der Waals surface area contributed by atoms with Crippen LogP contribution in [0.3, 0.4) is 0 Å². The van der Waals surface area contributed by atoms with E-state index in [9.17, 15) is 4.57 Å². The first kappa shape index (κ1) is 4.36. The van der Waals surface area contributed by atoms with E-state index < -0.39 is 7.82 Å². The summed E-state index contributed by atoms with van der Waals surface area (Å²) in [4.78, 5) is 0. The van der Waals surface area contributed by atoms with Gasteiger partial charge in [-0.1, -0.05) is 0 Å². The smallest absolute Gasteiger partial charge is 0.396 e. The van der Waals surface area contributed by atoms with Gasteiger partial charge >= 0.3 is 7.82 Å². The second-order valence-electron chi connectivity index (χ2n) is 2.22. The molecule has 2 unspecified atom stereocenters. The molecule has 0 saturated carbocycles. The third-order valence-corrected chi connectivity index (χ3v) is 3.00. The normalized spacial score (nSPS) is 50.4. The van der Waals surface area contributed by atoms with Crippen LogP contribution >= 0.6 is 7.82 Å². The van der Waals surface area contributed by atoms with Crippen LogP contribution in [0.2, 0.25) is 0 Å². The minimum Gasteiger partial charge on any atom is -0.396 e. The molecule has 9 heavy (non-hydrogen) atoms. The van der Waals surface area contributed by atoms with Crippen molar-refractivity contribution in [2.75, 3.05) is 0 Å². The molecule has 0 amide bonds. The molecule has 3 rings (SSSR count). The van der Waals surface area contributed by atoms with Gasteiger partial charge in [0, 0.05) is 6.42 Å². The first-order chi connectivity index (χ1) is 4.27. The molecule has 0 aromatic heterocycles. The topological polar surface area (TPSA) is 44.8 Å². The van der Waals surface area contributed by atoms with Gasteiger partial charge in [-0.2, -0.15) is 0 Å². The summed E-state index contributed by atoms with van der Waals surface area (Å²) in [7, 11) is -3.06. The predicted molar refractivity (Wildman–Crippen MR) is 26.3 cm³/mol. The summed E-state index contributed by atoms with van der Waals surface area (Å²) < 4.78 is 25.4. The number of hydrogen-bond acceptors (Lipinski definition) is 4. The molecule has 0 spiro atoms. The van der Waals surface area contributed by atoms with Gasteiger partial charge in [0.2, 0.25) is 0 Å². The van der Waals surface area contributed by atoms with Crippen LogP contribution in [0, 0.1) is 0 Å². The summed E-state index contributed by atoms with van der Waals surface area (Å²) >= 11 is 0. The van der Waals surface area contributed by atoms with Gasteiger partial charge in [0.15, 0.2) is 11.5 Å². The maximum atomic E-state index is 11.0. The molecule has 0 N–H and O–H groups in total. The van der Waals surface area contributed by atoms with Gasteiger partial charge < -0.3 is 9.05 Å². The lowest BCUT2D eigenvalue weighted by Crippen LogP contribution is -2.23. The van der Waals surface area contributed by atoms with Crippen molar-refractivity contribution in [3.63, 3.8) is 0 Å². The molecule has 2 aliphatic heterocycles. The Kier molecular flexibility index (Phi) is 0.453. The molecule has 2 heterocycles. The number of phosphoric ester groups is 1. The summed E-state index contributed by atoms with van der Waals surface area (Å²) in [5, 5.41) is 0. The number of fused-ring (bicyclic) bond motifs is 1. The maximum Gasteiger partial charge on any atom is 0.587 e. The van der Waals surface area contributed by atoms with Crippen LogP contribution in [0.25, 0.3) is 0 Å². The molecule has 1 saturated heterocycles. The van der Waals surface area contributed by atoms with Crippen molar-refractivity contribution >= 4 is 7.82 Å². The highest BCUT2D eigenvalue weighted by Gasteiger charge is 2.60. The van der Waals surface area contributed by atoms with Crippen LogP contribution in [0.4, 0.5) is 0 Å². The minimum absolute atomic E-state index is 0.0421. The third-order valence-electron chi connectivity index (χ3n) is 1.63. The van der Waals surface area contributed by atoms with Crippen molar-refractivity contribution in [1.82, 2.24) is 0 Å². The molecular formula is C4H3O4P. The highest BCUT2D eigenvalue weighted by molar-refractivity contribution is 7.49. The molecule has 2 bridgehead atoms. The fraction of sp³-hybridized carbons (Fsp3) is 0.500. The SMILES string of the molecule is O=P12OC3=C(O1)C(C3)O2. The summed E-state index contributed by atoms with van der Waals surface area (Å²) in [5.41, 5.74) is 0. The van der Waals surface area contributed by atoms with Gasteiger partial charge in [0.25, 0.3) is 0 Å². The second-order valence-corrected chi connectivity index (χ2v) is 3.69. The van der Waals surface area contributed by atoms with E-state index in [0.29, 0.717) is 5.76 Å². The molecule has 0 radical (unpaired) electrons. The maximum absolute atomic E-state index is 11.0. The van der Waals surface area contributed by atoms with E-state index in [0.717, 1.165) is 12.2 Å². The van der Waals surface area contributed by atoms with Crippen LogP contribution < -0.4 is 0 Å². The Morgan fingerprint density at radius 1 is 1.56 bits per heavy atom. The van der Waals surface area contributed by atoms with Crippen molar-refractivity contribution in [3.05, 3.63) is 11.5 Å². The first-order valence-electron chi connectivity index (χ1n) is 2.67. The quantitative estimate of drug-likeness (QED) is 0.481. The Morgan fingerprint density at radius 3 is 2.67 bits per heavy atom. The average Bonchev–Trinajstić information content (AvgIpc) is 2.17. The van der Waals surface area contributed by atoms with Crippen LogP contribution in [0.15, 0.2) is 11.5 Å². The van der Waals surface area contributed by atoms with Crippen LogP contribution in [0.1, 0.15) is 6.42 Å². The van der Waals surface area contributed by atoms with E-state index in [2.05, 4.69) is 0 Å². The van der Waals surface area contributed by atoms with Crippen molar-refractivity contribution in [2.24, 2.45) is 0 Å². The van der Waals surface area contributed by atoms with Gasteiger partial charge in [0.1, 0.15) is 6.10 Å². The molecule has 0 aromatic rings. The number of phosphoric acid groups is 1. The lowest BCUT2D eigenvalue weighted by Gasteiger charge is -2.23. The van der Waals surface area contributed by atoms with Gasteiger partial charge in [-0.3, -0.25) is 4.52 Å². The summed E-state index contributed by atoms with van der Waals surface area (Å²) in [5.74, 6) is 1.40. The lowest BCUT2D eigenvalue weighted by molar-refractivity contribution is 0.128. The minimum atomic E-state index is -3.06. The molecule has 5 heteroatoms. The fourth-order valence-corrected chi connectivity index (χ4v) is 2.66. The summed E-state index contributed by atoms with van der Waals surface area (Å²) in [6.45, 7) is 0. The molecule has 1 fully saturated rings. The highest BCUT2D eigenvalue weighted by atomic mass is 31.2. The monoisotopic (exact) mass is 146 g/mol. The molecule has 2 atom stereocenters. The van der Waals surface area contributed by atoms with Crippen molar-refractivity contribution in [1.29, 1.82) is 0 Å². The molecule has 48 valence electrons. The number of hydrogen-bond donors (Lipinski definition) is 0. The van der Waals surface area contributed by atoms with Crippen molar-refractivity contribution < 1.29 is 18.1 Å². The van der Waals surface area contributed by atoms with Gasteiger partial charge in [-0.25, -0.2) is 4.57 Å². The Labute approximate surface area is 51.0 Å². The first-order valence-corrected chi connectivity index (χ1v) is 4.14. The van der Waals surface area contributed by atoms with Crippen molar-refractivity contribution in [3.8, 4) is 0 Å². The van der Waals surface area contributed by atoms with E-state index in [-0.39, 0.29) is 6.10 Å². The van der Waals surface area contributed by atoms with E-state index in [4.69, 9.17) is 13.6 Å². The van der Waals surface area contributed by atoms with Gasteiger partial charge in [0.05, 0.1) is 0 Å². The van der Waals surface area contributed by atoms with Crippen LogP contribution in [0.5, 0.6) is 0 Å². The van der Waals surface area contributed by atoms with Crippen LogP contribution in [-0.4, -0.2) is 6.10 Å². The second kappa shape index (κ2) is 0.935. The Morgan fingerprint density at radius 2 is 2.44 bits per heavy atom. The van der Waals surface area contributed by atoms with E-state index in [1.165, 1.54) is 0 Å². The Hall–Kier alpha value is -0.470. The zero-order valence-electron chi connectivity index (χ0n) is 4.36. The summed E-state index contributed by atoms with van der Waals surface area (Å²) in [6.07, 6.45) is 0.693. The fourth-order valence-electron chi connectivity index (χ4n) is 1.16. The highest BCUT2D eigenvalue weighted by Crippen LogP contribution is 2.72. The molecular weight excluding hydrogens is 143 g/mol. The molecule has 4 nitrogen and oxygen atoms in total. The standard InChI is InChI=1S/C4H3O4P/c5-9-6-2-1-3(7-9)4(2)8-9/h2H,1H2. The zero-order chi connectivity index (χ0) is 6.06. The number of rotatable bonds is 0. The van der Waals surface area contributed by atoms with E-state index in [1.54, 1.807) is 0 Å². The van der Waals surface area contributed by atoms with E-state index in [1.807, 2.05) is 0 Å². The predicted octanol–water partition coefficient (Wildman–Crippen LogP) is 1.16.